The number of nitrogens with zero attached hydrogens (tertiary/aromatic N) is 1. The zero-order chi connectivity index (χ0) is 16.9. The van der Waals surface area contributed by atoms with E-state index in [1.54, 1.807) is 17.0 Å². The smallest absolute Gasteiger partial charge is 0.258 e. The van der Waals surface area contributed by atoms with Crippen LogP contribution in [0.2, 0.25) is 0 Å². The predicted octanol–water partition coefficient (Wildman–Crippen LogP) is 1.31. The highest BCUT2D eigenvalue weighted by molar-refractivity contribution is 5.95. The van der Waals surface area contributed by atoms with Gasteiger partial charge in [-0.2, -0.15) is 0 Å². The third-order valence-electron chi connectivity index (χ3n) is 4.77. The molecule has 0 saturated carbocycles. The highest BCUT2D eigenvalue weighted by atomic mass is 16.5. The number of carbonyl (C=O) groups is 2. The van der Waals surface area contributed by atoms with Crippen LogP contribution in [0.3, 0.4) is 0 Å². The summed E-state index contributed by atoms with van der Waals surface area (Å²) >= 11 is 0. The van der Waals surface area contributed by atoms with E-state index in [9.17, 15) is 9.59 Å². The van der Waals surface area contributed by atoms with E-state index in [2.05, 4.69) is 17.6 Å². The topological polar surface area (TPSA) is 70.7 Å². The fraction of sp³-hybridized carbons (Fsp3) is 0.556. The monoisotopic (exact) mass is 331 g/mol. The first-order valence-corrected chi connectivity index (χ1v) is 8.67. The number of benzene rings is 1. The van der Waals surface area contributed by atoms with Crippen LogP contribution in [0.1, 0.15) is 26.2 Å². The summed E-state index contributed by atoms with van der Waals surface area (Å²) < 4.78 is 5.55. The number of amides is 2. The molecular weight excluding hydrogens is 306 g/mol. The van der Waals surface area contributed by atoms with Crippen LogP contribution in [0.5, 0.6) is 5.75 Å². The molecule has 2 aliphatic heterocycles. The van der Waals surface area contributed by atoms with Crippen molar-refractivity contribution in [3.63, 3.8) is 0 Å². The number of hydrogen-bond donors (Lipinski definition) is 2. The van der Waals surface area contributed by atoms with Gasteiger partial charge < -0.3 is 20.3 Å². The molecule has 2 N–H and O–H groups in total. The maximum absolute atomic E-state index is 12.0. The molecular formula is C18H25N3O3. The molecule has 3 rings (SSSR count). The van der Waals surface area contributed by atoms with Gasteiger partial charge in [0.05, 0.1) is 0 Å². The quantitative estimate of drug-likeness (QED) is 0.853. The van der Waals surface area contributed by atoms with E-state index in [1.165, 1.54) is 0 Å². The molecule has 0 aliphatic carbocycles. The largest absolute Gasteiger partial charge is 0.484 e. The second kappa shape index (κ2) is 7.66. The third kappa shape index (κ3) is 4.06. The lowest BCUT2D eigenvalue weighted by Gasteiger charge is -2.30. The fourth-order valence-corrected chi connectivity index (χ4v) is 3.22. The van der Waals surface area contributed by atoms with E-state index in [0.717, 1.165) is 38.2 Å². The van der Waals surface area contributed by atoms with Gasteiger partial charge in [0.2, 0.25) is 5.91 Å². The first-order chi connectivity index (χ1) is 11.6. The van der Waals surface area contributed by atoms with E-state index in [1.807, 2.05) is 12.1 Å². The molecule has 130 valence electrons. The van der Waals surface area contributed by atoms with Crippen LogP contribution in [-0.4, -0.2) is 44.1 Å². The van der Waals surface area contributed by atoms with Gasteiger partial charge in [0, 0.05) is 31.2 Å². The molecule has 1 aromatic rings. The summed E-state index contributed by atoms with van der Waals surface area (Å²) in [6.07, 6.45) is 2.60. The lowest BCUT2D eigenvalue weighted by molar-refractivity contribution is -0.124. The Morgan fingerprint density at radius 3 is 2.83 bits per heavy atom. The molecule has 0 spiro atoms. The average Bonchev–Trinajstić information content (AvgIpc) is 3.02. The van der Waals surface area contributed by atoms with Crippen LogP contribution in [0.15, 0.2) is 24.3 Å². The molecule has 6 heteroatoms. The van der Waals surface area contributed by atoms with Crippen molar-refractivity contribution in [3.05, 3.63) is 24.3 Å². The highest BCUT2D eigenvalue weighted by Crippen LogP contribution is 2.23. The van der Waals surface area contributed by atoms with Crippen molar-refractivity contribution in [1.29, 1.82) is 0 Å². The maximum atomic E-state index is 12.0. The summed E-state index contributed by atoms with van der Waals surface area (Å²) in [7, 11) is 0. The lowest BCUT2D eigenvalue weighted by Crippen LogP contribution is -2.51. The molecule has 2 aliphatic rings. The molecule has 2 heterocycles. The Balaban J connectivity index is 1.47. The predicted molar refractivity (Wildman–Crippen MR) is 92.1 cm³/mol. The minimum Gasteiger partial charge on any atom is -0.484 e. The summed E-state index contributed by atoms with van der Waals surface area (Å²) in [5.74, 6) is 1.18. The van der Waals surface area contributed by atoms with Crippen molar-refractivity contribution < 1.29 is 14.3 Å². The molecule has 1 aromatic carbocycles. The Kier molecular flexibility index (Phi) is 5.35. The Hall–Kier alpha value is -2.08. The maximum Gasteiger partial charge on any atom is 0.258 e. The number of ether oxygens (including phenoxy) is 1. The number of carbonyl (C=O) groups excluding carboxylic acids is 2. The van der Waals surface area contributed by atoms with Crippen LogP contribution in [0, 0.1) is 5.92 Å². The van der Waals surface area contributed by atoms with Crippen LogP contribution in [0.25, 0.3) is 0 Å². The molecule has 2 atom stereocenters. The molecule has 0 bridgehead atoms. The van der Waals surface area contributed by atoms with Gasteiger partial charge in [0.25, 0.3) is 5.91 Å². The minimum absolute atomic E-state index is 0.00517. The SMILES string of the molecule is CC1CCNCC1NC(=O)COc1ccc(N2CCCC2=O)cc1. The Labute approximate surface area is 142 Å². The van der Waals surface area contributed by atoms with E-state index in [0.29, 0.717) is 18.1 Å². The molecule has 24 heavy (non-hydrogen) atoms. The Bertz CT molecular complexity index is 588. The van der Waals surface area contributed by atoms with Crippen molar-refractivity contribution >= 4 is 17.5 Å². The van der Waals surface area contributed by atoms with Gasteiger partial charge in [-0.15, -0.1) is 0 Å². The number of hydrogen-bond acceptors (Lipinski definition) is 4. The van der Waals surface area contributed by atoms with Crippen LogP contribution < -0.4 is 20.3 Å². The number of piperidine rings is 1. The number of anilines is 1. The molecule has 0 aromatic heterocycles. The van der Waals surface area contributed by atoms with Gasteiger partial charge in [0.1, 0.15) is 5.75 Å². The fourth-order valence-electron chi connectivity index (χ4n) is 3.22. The van der Waals surface area contributed by atoms with Gasteiger partial charge >= 0.3 is 0 Å². The summed E-state index contributed by atoms with van der Waals surface area (Å²) in [5.41, 5.74) is 0.886. The third-order valence-corrected chi connectivity index (χ3v) is 4.77. The number of rotatable bonds is 5. The van der Waals surface area contributed by atoms with E-state index >= 15 is 0 Å². The average molecular weight is 331 g/mol. The molecule has 6 nitrogen and oxygen atoms in total. The summed E-state index contributed by atoms with van der Waals surface area (Å²) in [6, 6.07) is 7.50. The van der Waals surface area contributed by atoms with Gasteiger partial charge in [-0.1, -0.05) is 6.92 Å². The normalized spacial score (nSPS) is 24.0. The van der Waals surface area contributed by atoms with Crippen molar-refractivity contribution in [2.45, 2.75) is 32.2 Å². The van der Waals surface area contributed by atoms with Crippen LogP contribution in [-0.2, 0) is 9.59 Å². The second-order valence-corrected chi connectivity index (χ2v) is 6.58. The highest BCUT2D eigenvalue weighted by Gasteiger charge is 2.23. The zero-order valence-corrected chi connectivity index (χ0v) is 14.1. The lowest BCUT2D eigenvalue weighted by atomic mass is 9.95. The zero-order valence-electron chi connectivity index (χ0n) is 14.1. The Morgan fingerprint density at radius 2 is 2.17 bits per heavy atom. The van der Waals surface area contributed by atoms with Crippen LogP contribution >= 0.6 is 0 Å². The molecule has 2 amide bonds. The second-order valence-electron chi connectivity index (χ2n) is 6.58. The van der Waals surface area contributed by atoms with Gasteiger partial charge in [0.15, 0.2) is 6.61 Å². The summed E-state index contributed by atoms with van der Waals surface area (Å²) in [5, 5.41) is 6.31. The van der Waals surface area contributed by atoms with E-state index in [4.69, 9.17) is 4.74 Å². The molecule has 2 unspecified atom stereocenters. The molecule has 0 radical (unpaired) electrons. The van der Waals surface area contributed by atoms with Gasteiger partial charge in [-0.05, 0) is 49.6 Å². The van der Waals surface area contributed by atoms with Crippen molar-refractivity contribution in [1.82, 2.24) is 10.6 Å². The van der Waals surface area contributed by atoms with Crippen molar-refractivity contribution in [3.8, 4) is 5.75 Å². The minimum atomic E-state index is -0.102. The Morgan fingerprint density at radius 1 is 1.38 bits per heavy atom. The standard InChI is InChI=1S/C18H25N3O3/c1-13-8-9-19-11-16(13)20-17(22)12-24-15-6-4-14(5-7-15)21-10-2-3-18(21)23/h4-7,13,16,19H,2-3,8-12H2,1H3,(H,20,22). The van der Waals surface area contributed by atoms with Gasteiger partial charge in [-0.3, -0.25) is 9.59 Å². The molecule has 2 saturated heterocycles. The summed E-state index contributed by atoms with van der Waals surface area (Å²) in [4.78, 5) is 25.5. The van der Waals surface area contributed by atoms with E-state index < -0.39 is 0 Å². The summed E-state index contributed by atoms with van der Waals surface area (Å²) in [6.45, 7) is 4.76. The first-order valence-electron chi connectivity index (χ1n) is 8.67. The van der Waals surface area contributed by atoms with Crippen LogP contribution in [0.4, 0.5) is 5.69 Å². The first kappa shape index (κ1) is 16.8. The molecule has 2 fully saturated rings. The van der Waals surface area contributed by atoms with Crippen molar-refractivity contribution in [2.24, 2.45) is 5.92 Å². The van der Waals surface area contributed by atoms with Crippen molar-refractivity contribution in [2.75, 3.05) is 31.1 Å². The van der Waals surface area contributed by atoms with Gasteiger partial charge in [-0.25, -0.2) is 0 Å². The number of nitrogens with one attached hydrogen (secondary N) is 2. The van der Waals surface area contributed by atoms with E-state index in [-0.39, 0.29) is 24.5 Å².